The fraction of sp³-hybridized carbons (Fsp3) is 0.474. The Bertz CT molecular complexity index is 785. The van der Waals surface area contributed by atoms with E-state index in [9.17, 15) is 18.0 Å². The Labute approximate surface area is 166 Å². The van der Waals surface area contributed by atoms with Gasteiger partial charge < -0.3 is 15.5 Å². The fourth-order valence-corrected chi connectivity index (χ4v) is 4.08. The molecule has 0 saturated carbocycles. The summed E-state index contributed by atoms with van der Waals surface area (Å²) in [6, 6.07) is 9.29. The summed E-state index contributed by atoms with van der Waals surface area (Å²) < 4.78 is 26.4. The summed E-state index contributed by atoms with van der Waals surface area (Å²) in [4.78, 5) is 24.5. The summed E-state index contributed by atoms with van der Waals surface area (Å²) in [6.07, 6.45) is 1.59. The maximum atomic E-state index is 12.5. The first-order valence-corrected chi connectivity index (χ1v) is 10.9. The number of quaternary nitrogens is 1. The van der Waals surface area contributed by atoms with E-state index < -0.39 is 10.0 Å². The molecule has 0 aromatic heterocycles. The lowest BCUT2D eigenvalue weighted by Crippen LogP contribution is -3.15. The normalized spacial score (nSPS) is 16.4. The Kier molecular flexibility index (Phi) is 8.16. The van der Waals surface area contributed by atoms with E-state index in [2.05, 4.69) is 10.6 Å². The molecule has 0 radical (unpaired) electrons. The van der Waals surface area contributed by atoms with Gasteiger partial charge in [0.2, 0.25) is 15.9 Å². The highest BCUT2D eigenvalue weighted by molar-refractivity contribution is 7.92. The second-order valence-electron chi connectivity index (χ2n) is 7.08. The third kappa shape index (κ3) is 7.41. The SMILES string of the molecule is CC(C)NC(=O)CNC(=O)C[NH+]1CCN(S(=O)(=O)/C=C/c2ccccc2)CC1. The molecule has 0 spiro atoms. The van der Waals surface area contributed by atoms with Crippen molar-refractivity contribution in [2.24, 2.45) is 0 Å². The number of carbonyl (C=O) groups is 2. The zero-order valence-electron chi connectivity index (χ0n) is 16.3. The van der Waals surface area contributed by atoms with E-state index in [1.165, 1.54) is 9.71 Å². The van der Waals surface area contributed by atoms with Gasteiger partial charge in [0.25, 0.3) is 5.91 Å². The molecule has 1 saturated heterocycles. The smallest absolute Gasteiger partial charge is 0.275 e. The summed E-state index contributed by atoms with van der Waals surface area (Å²) in [6.45, 7) is 5.69. The van der Waals surface area contributed by atoms with Gasteiger partial charge in [-0.25, -0.2) is 8.42 Å². The highest BCUT2D eigenvalue weighted by Gasteiger charge is 2.28. The Morgan fingerprint density at radius 2 is 1.79 bits per heavy atom. The van der Waals surface area contributed by atoms with Gasteiger partial charge in [-0.1, -0.05) is 30.3 Å². The van der Waals surface area contributed by atoms with Crippen LogP contribution in [0.15, 0.2) is 35.7 Å². The van der Waals surface area contributed by atoms with Crippen LogP contribution in [0.25, 0.3) is 6.08 Å². The van der Waals surface area contributed by atoms with E-state index in [1.807, 2.05) is 44.2 Å². The minimum absolute atomic E-state index is 0.0287. The lowest BCUT2D eigenvalue weighted by atomic mass is 10.2. The van der Waals surface area contributed by atoms with Gasteiger partial charge in [0.15, 0.2) is 6.54 Å². The van der Waals surface area contributed by atoms with Gasteiger partial charge in [-0.2, -0.15) is 4.31 Å². The maximum Gasteiger partial charge on any atom is 0.275 e. The molecule has 0 unspecified atom stereocenters. The zero-order chi connectivity index (χ0) is 20.6. The summed E-state index contributed by atoms with van der Waals surface area (Å²) in [7, 11) is -3.48. The first-order valence-electron chi connectivity index (χ1n) is 9.39. The van der Waals surface area contributed by atoms with Crippen LogP contribution in [0, 0.1) is 0 Å². The molecule has 1 aliphatic heterocycles. The van der Waals surface area contributed by atoms with Crippen molar-refractivity contribution in [1.82, 2.24) is 14.9 Å². The van der Waals surface area contributed by atoms with Crippen LogP contribution in [0.4, 0.5) is 0 Å². The van der Waals surface area contributed by atoms with Gasteiger partial charge >= 0.3 is 0 Å². The van der Waals surface area contributed by atoms with Crippen molar-refractivity contribution in [2.75, 3.05) is 39.3 Å². The topological polar surface area (TPSA) is 100 Å². The van der Waals surface area contributed by atoms with Gasteiger partial charge in [-0.3, -0.25) is 9.59 Å². The molecule has 1 heterocycles. The molecule has 2 amide bonds. The van der Waals surface area contributed by atoms with Crippen LogP contribution in [-0.4, -0.2) is 69.8 Å². The van der Waals surface area contributed by atoms with Crippen LogP contribution >= 0.6 is 0 Å². The number of amides is 2. The average Bonchev–Trinajstić information content (AvgIpc) is 2.66. The lowest BCUT2D eigenvalue weighted by molar-refractivity contribution is -0.895. The highest BCUT2D eigenvalue weighted by atomic mass is 32.2. The number of nitrogens with one attached hydrogen (secondary N) is 3. The standard InChI is InChI=1S/C19H28N4O4S/c1-16(2)21-18(24)14-20-19(25)15-22-9-11-23(12-10-22)28(26,27)13-8-17-6-4-3-5-7-17/h3-8,13,16H,9-12,14-15H2,1-2H3,(H,20,25)(H,21,24)/p+1/b13-8+. The first-order chi connectivity index (χ1) is 13.3. The number of rotatable bonds is 8. The van der Waals surface area contributed by atoms with E-state index in [0.29, 0.717) is 26.2 Å². The van der Waals surface area contributed by atoms with Crippen LogP contribution in [0.2, 0.25) is 0 Å². The predicted octanol–water partition coefficient (Wildman–Crippen LogP) is -1.17. The third-order valence-corrected chi connectivity index (χ3v) is 5.89. The fourth-order valence-electron chi connectivity index (χ4n) is 2.89. The number of carbonyl (C=O) groups excluding carboxylic acids is 2. The van der Waals surface area contributed by atoms with Crippen molar-refractivity contribution in [2.45, 2.75) is 19.9 Å². The average molecular weight is 410 g/mol. The summed E-state index contributed by atoms with van der Waals surface area (Å²) >= 11 is 0. The molecule has 154 valence electrons. The van der Waals surface area contributed by atoms with Crippen LogP contribution < -0.4 is 15.5 Å². The second-order valence-corrected chi connectivity index (χ2v) is 8.90. The number of piperazine rings is 1. The van der Waals surface area contributed by atoms with E-state index in [-0.39, 0.29) is 30.9 Å². The summed E-state index contributed by atoms with van der Waals surface area (Å²) in [5.41, 5.74) is 0.827. The minimum Gasteiger partial charge on any atom is -0.352 e. The minimum atomic E-state index is -3.48. The van der Waals surface area contributed by atoms with E-state index >= 15 is 0 Å². The molecule has 0 bridgehead atoms. The Morgan fingerprint density at radius 3 is 2.39 bits per heavy atom. The number of hydrogen-bond donors (Lipinski definition) is 3. The molecule has 1 fully saturated rings. The van der Waals surface area contributed by atoms with Crippen LogP contribution in [0.3, 0.4) is 0 Å². The molecular formula is C19H29N4O4S+. The predicted molar refractivity (Wildman–Crippen MR) is 108 cm³/mol. The number of hydrogen-bond acceptors (Lipinski definition) is 4. The third-order valence-electron chi connectivity index (χ3n) is 4.33. The molecule has 28 heavy (non-hydrogen) atoms. The van der Waals surface area contributed by atoms with E-state index in [1.54, 1.807) is 6.08 Å². The number of benzene rings is 1. The molecular weight excluding hydrogens is 380 g/mol. The van der Waals surface area contributed by atoms with Crippen molar-refractivity contribution in [1.29, 1.82) is 0 Å². The lowest BCUT2D eigenvalue weighted by Gasteiger charge is -2.30. The van der Waals surface area contributed by atoms with Gasteiger partial charge in [0, 0.05) is 11.4 Å². The molecule has 1 aliphatic rings. The van der Waals surface area contributed by atoms with Crippen molar-refractivity contribution in [3.63, 3.8) is 0 Å². The van der Waals surface area contributed by atoms with Crippen molar-refractivity contribution in [3.8, 4) is 0 Å². The van der Waals surface area contributed by atoms with Crippen molar-refractivity contribution < 1.29 is 22.9 Å². The number of nitrogens with zero attached hydrogens (tertiary/aromatic N) is 1. The molecule has 8 nitrogen and oxygen atoms in total. The summed E-state index contributed by atoms with van der Waals surface area (Å²) in [5.74, 6) is -0.436. The molecule has 0 atom stereocenters. The summed E-state index contributed by atoms with van der Waals surface area (Å²) in [5, 5.41) is 6.54. The monoisotopic (exact) mass is 409 g/mol. The van der Waals surface area contributed by atoms with Crippen LogP contribution in [0.1, 0.15) is 19.4 Å². The quantitative estimate of drug-likeness (QED) is 0.504. The maximum absolute atomic E-state index is 12.5. The number of sulfonamides is 1. The first kappa shape index (κ1) is 22.1. The van der Waals surface area contributed by atoms with Gasteiger partial charge in [0.1, 0.15) is 0 Å². The Morgan fingerprint density at radius 1 is 1.14 bits per heavy atom. The van der Waals surface area contributed by atoms with Gasteiger partial charge in [0.05, 0.1) is 32.7 Å². The Balaban J connectivity index is 1.76. The van der Waals surface area contributed by atoms with E-state index in [0.717, 1.165) is 10.5 Å². The molecule has 0 aliphatic carbocycles. The molecule has 2 rings (SSSR count). The molecule has 1 aromatic carbocycles. The zero-order valence-corrected chi connectivity index (χ0v) is 17.2. The Hall–Kier alpha value is -2.23. The highest BCUT2D eigenvalue weighted by Crippen LogP contribution is 2.08. The van der Waals surface area contributed by atoms with E-state index in [4.69, 9.17) is 0 Å². The second kappa shape index (κ2) is 10.4. The molecule has 3 N–H and O–H groups in total. The van der Waals surface area contributed by atoms with Crippen LogP contribution in [0.5, 0.6) is 0 Å². The molecule has 1 aromatic rings. The van der Waals surface area contributed by atoms with Gasteiger partial charge in [-0.05, 0) is 25.5 Å². The van der Waals surface area contributed by atoms with Gasteiger partial charge in [-0.15, -0.1) is 0 Å². The van der Waals surface area contributed by atoms with Crippen molar-refractivity contribution >= 4 is 27.9 Å². The van der Waals surface area contributed by atoms with Crippen molar-refractivity contribution in [3.05, 3.63) is 41.3 Å². The van der Waals surface area contributed by atoms with Crippen LogP contribution in [-0.2, 0) is 19.6 Å². The largest absolute Gasteiger partial charge is 0.352 e. The molecule has 9 heteroatoms.